The van der Waals surface area contributed by atoms with Crippen molar-refractivity contribution in [3.63, 3.8) is 0 Å². The van der Waals surface area contributed by atoms with Gasteiger partial charge in [-0.1, -0.05) is 13.8 Å². The van der Waals surface area contributed by atoms with E-state index in [4.69, 9.17) is 0 Å². The van der Waals surface area contributed by atoms with Crippen molar-refractivity contribution in [1.29, 1.82) is 0 Å². The van der Waals surface area contributed by atoms with E-state index in [1.165, 1.54) is 6.07 Å². The molecule has 0 bridgehead atoms. The molecule has 1 aromatic carbocycles. The van der Waals surface area contributed by atoms with Crippen LogP contribution in [0.4, 0.5) is 14.5 Å². The summed E-state index contributed by atoms with van der Waals surface area (Å²) in [6.45, 7) is 6.77. The van der Waals surface area contributed by atoms with Gasteiger partial charge < -0.3 is 15.5 Å². The van der Waals surface area contributed by atoms with Gasteiger partial charge in [0.1, 0.15) is 0 Å². The molecule has 0 aromatic heterocycles. The summed E-state index contributed by atoms with van der Waals surface area (Å²) in [6.07, 6.45) is 2.38. The fourth-order valence-corrected chi connectivity index (χ4v) is 3.03. The average molecular weight is 367 g/mol. The van der Waals surface area contributed by atoms with Gasteiger partial charge in [-0.3, -0.25) is 9.59 Å². The Balaban J connectivity index is 1.73. The normalized spacial score (nSPS) is 18.0. The second kappa shape index (κ2) is 9.62. The summed E-state index contributed by atoms with van der Waals surface area (Å²) in [6, 6.07) is 3.30. The molecule has 7 heteroatoms. The Kier molecular flexibility index (Phi) is 7.50. The van der Waals surface area contributed by atoms with Crippen molar-refractivity contribution in [3.05, 3.63) is 29.8 Å². The minimum absolute atomic E-state index is 0.0188. The van der Waals surface area contributed by atoms with Crippen LogP contribution in [0, 0.1) is 23.5 Å². The lowest BCUT2D eigenvalue weighted by molar-refractivity contribution is -0.124. The number of carbonyl (C=O) groups excluding carboxylic acids is 2. The number of rotatable bonds is 7. The van der Waals surface area contributed by atoms with E-state index < -0.39 is 11.6 Å². The van der Waals surface area contributed by atoms with Crippen LogP contribution in [0.3, 0.4) is 0 Å². The van der Waals surface area contributed by atoms with Crippen LogP contribution in [0.25, 0.3) is 0 Å². The van der Waals surface area contributed by atoms with Crippen LogP contribution >= 0.6 is 0 Å². The smallest absolute Gasteiger partial charge is 0.225 e. The number of halogens is 2. The van der Waals surface area contributed by atoms with Gasteiger partial charge in [-0.2, -0.15) is 0 Å². The van der Waals surface area contributed by atoms with Crippen LogP contribution in [0.2, 0.25) is 0 Å². The molecule has 0 saturated carbocycles. The van der Waals surface area contributed by atoms with Crippen LogP contribution in [0.1, 0.15) is 33.1 Å². The molecule has 1 atom stereocenters. The van der Waals surface area contributed by atoms with Crippen LogP contribution in [-0.2, 0) is 9.59 Å². The third-order valence-electron chi connectivity index (χ3n) is 4.55. The minimum atomic E-state index is -0.981. The van der Waals surface area contributed by atoms with E-state index in [0.717, 1.165) is 38.1 Å². The van der Waals surface area contributed by atoms with Crippen molar-refractivity contribution in [3.8, 4) is 0 Å². The van der Waals surface area contributed by atoms with Gasteiger partial charge in [0, 0.05) is 43.7 Å². The second-order valence-electron chi connectivity index (χ2n) is 7.14. The number of nitrogens with one attached hydrogen (secondary N) is 2. The minimum Gasteiger partial charge on any atom is -0.356 e. The van der Waals surface area contributed by atoms with Crippen molar-refractivity contribution in [1.82, 2.24) is 10.2 Å². The molecule has 2 amide bonds. The van der Waals surface area contributed by atoms with Gasteiger partial charge in [0.2, 0.25) is 11.8 Å². The number of piperidine rings is 1. The first-order valence-corrected chi connectivity index (χ1v) is 9.10. The Morgan fingerprint density at radius 1 is 1.27 bits per heavy atom. The second-order valence-corrected chi connectivity index (χ2v) is 7.14. The lowest BCUT2D eigenvalue weighted by atomic mass is 9.97. The SMILES string of the molecule is CC(C)C(=O)NCC1CCCN(CCC(=O)Nc2ccc(F)c(F)c2)C1. The predicted molar refractivity (Wildman–Crippen MR) is 96.6 cm³/mol. The number of carbonyl (C=O) groups is 2. The van der Waals surface area contributed by atoms with Gasteiger partial charge in [0.15, 0.2) is 11.6 Å². The quantitative estimate of drug-likeness (QED) is 0.779. The number of likely N-dealkylation sites (tertiary alicyclic amines) is 1. The van der Waals surface area contributed by atoms with Gasteiger partial charge in [-0.25, -0.2) is 8.78 Å². The molecule has 26 heavy (non-hydrogen) atoms. The molecule has 1 heterocycles. The molecule has 1 unspecified atom stereocenters. The third-order valence-corrected chi connectivity index (χ3v) is 4.55. The van der Waals surface area contributed by atoms with E-state index in [0.29, 0.717) is 19.0 Å². The summed E-state index contributed by atoms with van der Waals surface area (Å²) in [5.41, 5.74) is 0.252. The van der Waals surface area contributed by atoms with Crippen molar-refractivity contribution >= 4 is 17.5 Å². The van der Waals surface area contributed by atoms with Crippen LogP contribution in [0.15, 0.2) is 18.2 Å². The first-order valence-electron chi connectivity index (χ1n) is 9.10. The van der Waals surface area contributed by atoms with Crippen molar-refractivity contribution in [2.45, 2.75) is 33.1 Å². The number of nitrogens with zero attached hydrogens (tertiary/aromatic N) is 1. The fraction of sp³-hybridized carbons (Fsp3) is 0.579. The topological polar surface area (TPSA) is 61.4 Å². The van der Waals surface area contributed by atoms with Crippen molar-refractivity contribution in [2.75, 3.05) is 31.5 Å². The fourth-order valence-electron chi connectivity index (χ4n) is 3.03. The molecule has 1 aliphatic heterocycles. The van der Waals surface area contributed by atoms with E-state index in [2.05, 4.69) is 15.5 Å². The summed E-state index contributed by atoms with van der Waals surface area (Å²) in [5.74, 6) is -1.72. The lowest BCUT2D eigenvalue weighted by Crippen LogP contribution is -2.42. The lowest BCUT2D eigenvalue weighted by Gasteiger charge is -2.32. The molecule has 5 nitrogen and oxygen atoms in total. The molecule has 0 spiro atoms. The largest absolute Gasteiger partial charge is 0.356 e. The Morgan fingerprint density at radius 3 is 2.73 bits per heavy atom. The molecule has 2 rings (SSSR count). The zero-order valence-corrected chi connectivity index (χ0v) is 15.4. The summed E-state index contributed by atoms with van der Waals surface area (Å²) >= 11 is 0. The van der Waals surface area contributed by atoms with E-state index in [1.54, 1.807) is 0 Å². The zero-order valence-electron chi connectivity index (χ0n) is 15.4. The summed E-state index contributed by atoms with van der Waals surface area (Å²) in [7, 11) is 0. The number of hydrogen-bond acceptors (Lipinski definition) is 3. The monoisotopic (exact) mass is 367 g/mol. The predicted octanol–water partition coefficient (Wildman–Crippen LogP) is 2.78. The highest BCUT2D eigenvalue weighted by Crippen LogP contribution is 2.17. The average Bonchev–Trinajstić information content (AvgIpc) is 2.61. The van der Waals surface area contributed by atoms with Gasteiger partial charge in [0.25, 0.3) is 0 Å². The van der Waals surface area contributed by atoms with Gasteiger partial charge in [-0.05, 0) is 37.4 Å². The number of hydrogen-bond donors (Lipinski definition) is 2. The van der Waals surface area contributed by atoms with Gasteiger partial charge in [0.05, 0.1) is 0 Å². The highest BCUT2D eigenvalue weighted by Gasteiger charge is 2.21. The first kappa shape index (κ1) is 20.3. The first-order chi connectivity index (χ1) is 12.3. The summed E-state index contributed by atoms with van der Waals surface area (Å²) in [4.78, 5) is 25.9. The molecular weight excluding hydrogens is 340 g/mol. The van der Waals surface area contributed by atoms with Crippen LogP contribution in [0.5, 0.6) is 0 Å². The number of amides is 2. The van der Waals surface area contributed by atoms with Gasteiger partial charge in [-0.15, -0.1) is 0 Å². The maximum Gasteiger partial charge on any atom is 0.225 e. The standard InChI is InChI=1S/C19H27F2N3O2/c1-13(2)19(26)22-11-14-4-3-8-24(12-14)9-7-18(25)23-15-5-6-16(20)17(21)10-15/h5-6,10,13-14H,3-4,7-9,11-12H2,1-2H3,(H,22,26)(H,23,25). The third kappa shape index (κ3) is 6.37. The maximum atomic E-state index is 13.2. The Morgan fingerprint density at radius 2 is 2.04 bits per heavy atom. The Bertz CT molecular complexity index is 637. The molecule has 2 N–H and O–H groups in total. The van der Waals surface area contributed by atoms with E-state index in [9.17, 15) is 18.4 Å². The molecular formula is C19H27F2N3O2. The maximum absolute atomic E-state index is 13.2. The van der Waals surface area contributed by atoms with Crippen molar-refractivity contribution < 1.29 is 18.4 Å². The van der Waals surface area contributed by atoms with Crippen LogP contribution < -0.4 is 10.6 Å². The zero-order chi connectivity index (χ0) is 19.1. The molecule has 1 saturated heterocycles. The highest BCUT2D eigenvalue weighted by molar-refractivity contribution is 5.90. The van der Waals surface area contributed by atoms with Gasteiger partial charge >= 0.3 is 0 Å². The van der Waals surface area contributed by atoms with Crippen molar-refractivity contribution in [2.24, 2.45) is 11.8 Å². The molecule has 1 aliphatic rings. The highest BCUT2D eigenvalue weighted by atomic mass is 19.2. The Hall–Kier alpha value is -2.02. The number of anilines is 1. The molecule has 1 fully saturated rings. The molecule has 0 aliphatic carbocycles. The Labute approximate surface area is 153 Å². The molecule has 1 aromatic rings. The molecule has 144 valence electrons. The van der Waals surface area contributed by atoms with Crippen LogP contribution in [-0.4, -0.2) is 42.9 Å². The number of benzene rings is 1. The molecule has 0 radical (unpaired) electrons. The van der Waals surface area contributed by atoms with E-state index in [1.807, 2.05) is 13.8 Å². The van der Waals surface area contributed by atoms with E-state index >= 15 is 0 Å². The van der Waals surface area contributed by atoms with E-state index in [-0.39, 0.29) is 29.8 Å². The summed E-state index contributed by atoms with van der Waals surface area (Å²) < 4.78 is 26.1. The summed E-state index contributed by atoms with van der Waals surface area (Å²) in [5, 5.41) is 5.55.